The second kappa shape index (κ2) is 8.92. The molecule has 3 rings (SSSR count). The predicted octanol–water partition coefficient (Wildman–Crippen LogP) is 4.80. The van der Waals surface area contributed by atoms with E-state index in [1.807, 2.05) is 36.4 Å². The van der Waals surface area contributed by atoms with Gasteiger partial charge in [0.1, 0.15) is 0 Å². The van der Waals surface area contributed by atoms with Crippen LogP contribution in [-0.2, 0) is 6.54 Å². The molecule has 0 fully saturated rings. The summed E-state index contributed by atoms with van der Waals surface area (Å²) in [5.41, 5.74) is 5.11. The zero-order valence-corrected chi connectivity index (χ0v) is 16.7. The first-order valence-electron chi connectivity index (χ1n) is 8.60. The lowest BCUT2D eigenvalue weighted by atomic mass is 10.2. The molecule has 27 heavy (non-hydrogen) atoms. The number of H-pyrrole nitrogens is 1. The summed E-state index contributed by atoms with van der Waals surface area (Å²) in [6, 6.07) is 13.4. The standard InChI is InChI=1S/C19H21ClN4O2S/c1-3-9-26-17-14(10-15(20)11-16(17)25-2)12-21-24-18(22-23-19(24)27)13-7-5-4-6-8-13/h4-8,10-11,21H,3,9,12H2,1-2H3,(H,23,27). The molecule has 0 unspecified atom stereocenters. The molecule has 0 amide bonds. The van der Waals surface area contributed by atoms with E-state index < -0.39 is 0 Å². The van der Waals surface area contributed by atoms with Crippen molar-refractivity contribution in [3.63, 3.8) is 0 Å². The van der Waals surface area contributed by atoms with E-state index in [0.29, 0.717) is 40.3 Å². The highest BCUT2D eigenvalue weighted by atomic mass is 35.5. The van der Waals surface area contributed by atoms with Crippen LogP contribution in [0.1, 0.15) is 18.9 Å². The summed E-state index contributed by atoms with van der Waals surface area (Å²) in [6.45, 7) is 3.08. The lowest BCUT2D eigenvalue weighted by Gasteiger charge is -2.17. The van der Waals surface area contributed by atoms with Crippen LogP contribution in [0.4, 0.5) is 0 Å². The summed E-state index contributed by atoms with van der Waals surface area (Å²) in [4.78, 5) is 0. The number of ether oxygens (including phenoxy) is 2. The van der Waals surface area contributed by atoms with Gasteiger partial charge in [-0.1, -0.05) is 48.9 Å². The van der Waals surface area contributed by atoms with Crippen molar-refractivity contribution in [2.24, 2.45) is 0 Å². The molecule has 2 N–H and O–H groups in total. The van der Waals surface area contributed by atoms with Crippen molar-refractivity contribution in [3.05, 3.63) is 57.8 Å². The molecule has 3 aromatic rings. The monoisotopic (exact) mass is 404 g/mol. The molecule has 1 heterocycles. The summed E-state index contributed by atoms with van der Waals surface area (Å²) in [5, 5.41) is 7.72. The molecule has 0 saturated carbocycles. The lowest BCUT2D eigenvalue weighted by molar-refractivity contribution is 0.291. The van der Waals surface area contributed by atoms with Gasteiger partial charge < -0.3 is 14.9 Å². The zero-order chi connectivity index (χ0) is 19.2. The van der Waals surface area contributed by atoms with Crippen molar-refractivity contribution in [2.45, 2.75) is 19.9 Å². The summed E-state index contributed by atoms with van der Waals surface area (Å²) < 4.78 is 13.5. The van der Waals surface area contributed by atoms with Gasteiger partial charge in [-0.15, -0.1) is 0 Å². The summed E-state index contributed by atoms with van der Waals surface area (Å²) in [6.07, 6.45) is 0.892. The van der Waals surface area contributed by atoms with Gasteiger partial charge in [-0.3, -0.25) is 0 Å². The summed E-state index contributed by atoms with van der Waals surface area (Å²) in [7, 11) is 1.60. The van der Waals surface area contributed by atoms with Crippen molar-refractivity contribution < 1.29 is 9.47 Å². The third-order valence-corrected chi connectivity index (χ3v) is 4.39. The van der Waals surface area contributed by atoms with Crippen molar-refractivity contribution in [1.82, 2.24) is 14.9 Å². The highest BCUT2D eigenvalue weighted by Gasteiger charge is 2.14. The minimum absolute atomic E-state index is 0.434. The van der Waals surface area contributed by atoms with Crippen LogP contribution in [0.2, 0.25) is 5.02 Å². The number of aromatic amines is 1. The molecule has 0 aliphatic carbocycles. The number of rotatable bonds is 8. The second-order valence-electron chi connectivity index (χ2n) is 5.83. The SMILES string of the molecule is CCCOc1c(CNn2c(-c3ccccc3)n[nH]c2=S)cc(Cl)cc1OC. The van der Waals surface area contributed by atoms with Crippen LogP contribution in [0.3, 0.4) is 0 Å². The molecule has 0 aliphatic heterocycles. The van der Waals surface area contributed by atoms with Crippen molar-refractivity contribution in [1.29, 1.82) is 0 Å². The molecule has 0 aliphatic rings. The Kier molecular flexibility index (Phi) is 6.36. The van der Waals surface area contributed by atoms with Gasteiger partial charge in [-0.05, 0) is 24.7 Å². The molecule has 0 bridgehead atoms. The van der Waals surface area contributed by atoms with E-state index >= 15 is 0 Å². The third-order valence-electron chi connectivity index (χ3n) is 3.90. The van der Waals surface area contributed by atoms with Crippen molar-refractivity contribution in [2.75, 3.05) is 19.1 Å². The number of nitrogens with one attached hydrogen (secondary N) is 2. The Morgan fingerprint density at radius 1 is 1.26 bits per heavy atom. The summed E-state index contributed by atoms with van der Waals surface area (Å²) >= 11 is 11.6. The second-order valence-corrected chi connectivity index (χ2v) is 6.66. The first-order valence-corrected chi connectivity index (χ1v) is 9.38. The molecular formula is C19H21ClN4O2S. The maximum absolute atomic E-state index is 6.24. The zero-order valence-electron chi connectivity index (χ0n) is 15.2. The maximum atomic E-state index is 6.24. The predicted molar refractivity (Wildman–Crippen MR) is 110 cm³/mol. The number of hydrogen-bond donors (Lipinski definition) is 2. The average molecular weight is 405 g/mol. The first kappa shape index (κ1) is 19.3. The van der Waals surface area contributed by atoms with Gasteiger partial charge in [0.05, 0.1) is 20.3 Å². The third kappa shape index (κ3) is 4.43. The van der Waals surface area contributed by atoms with Crippen LogP contribution < -0.4 is 14.9 Å². The van der Waals surface area contributed by atoms with Crippen LogP contribution in [0.15, 0.2) is 42.5 Å². The van der Waals surface area contributed by atoms with E-state index in [0.717, 1.165) is 17.5 Å². The number of nitrogens with zero attached hydrogens (tertiary/aromatic N) is 2. The van der Waals surface area contributed by atoms with Crippen LogP contribution in [0, 0.1) is 4.77 Å². The van der Waals surface area contributed by atoms with Gasteiger partial charge in [-0.25, -0.2) is 9.77 Å². The number of benzene rings is 2. The van der Waals surface area contributed by atoms with Gasteiger partial charge in [-0.2, -0.15) is 5.10 Å². The highest BCUT2D eigenvalue weighted by molar-refractivity contribution is 7.71. The molecule has 142 valence electrons. The van der Waals surface area contributed by atoms with Crippen LogP contribution in [0.25, 0.3) is 11.4 Å². The number of aromatic nitrogens is 3. The molecule has 0 radical (unpaired) electrons. The van der Waals surface area contributed by atoms with E-state index in [2.05, 4.69) is 22.5 Å². The van der Waals surface area contributed by atoms with E-state index in [9.17, 15) is 0 Å². The molecule has 1 aromatic heterocycles. The Bertz CT molecular complexity index is 956. The minimum Gasteiger partial charge on any atom is -0.493 e. The highest BCUT2D eigenvalue weighted by Crippen LogP contribution is 2.35. The maximum Gasteiger partial charge on any atom is 0.214 e. The van der Waals surface area contributed by atoms with Gasteiger partial charge >= 0.3 is 0 Å². The van der Waals surface area contributed by atoms with Crippen molar-refractivity contribution in [3.8, 4) is 22.9 Å². The topological polar surface area (TPSA) is 64.1 Å². The fourth-order valence-corrected chi connectivity index (χ4v) is 3.09. The number of halogens is 1. The van der Waals surface area contributed by atoms with Crippen molar-refractivity contribution >= 4 is 23.8 Å². The lowest BCUT2D eigenvalue weighted by Crippen LogP contribution is -2.17. The van der Waals surface area contributed by atoms with E-state index in [1.165, 1.54) is 0 Å². The number of hydrogen-bond acceptors (Lipinski definition) is 5. The Labute approximate surface area is 168 Å². The molecule has 2 aromatic carbocycles. The van der Waals surface area contributed by atoms with E-state index in [-0.39, 0.29) is 0 Å². The largest absolute Gasteiger partial charge is 0.493 e. The molecule has 8 heteroatoms. The van der Waals surface area contributed by atoms with Gasteiger partial charge in [0, 0.05) is 22.2 Å². The Balaban J connectivity index is 1.91. The van der Waals surface area contributed by atoms with Gasteiger partial charge in [0.15, 0.2) is 17.3 Å². The van der Waals surface area contributed by atoms with Gasteiger partial charge in [0.25, 0.3) is 0 Å². The van der Waals surface area contributed by atoms with E-state index in [1.54, 1.807) is 17.9 Å². The normalized spacial score (nSPS) is 10.6. The van der Waals surface area contributed by atoms with Crippen LogP contribution in [0.5, 0.6) is 11.5 Å². The molecular weight excluding hydrogens is 384 g/mol. The Morgan fingerprint density at radius 2 is 2.04 bits per heavy atom. The summed E-state index contributed by atoms with van der Waals surface area (Å²) in [5.74, 6) is 1.98. The molecule has 0 spiro atoms. The molecule has 0 atom stereocenters. The minimum atomic E-state index is 0.434. The fourth-order valence-electron chi connectivity index (χ4n) is 2.66. The Hall–Kier alpha value is -2.51. The number of methoxy groups -OCH3 is 1. The smallest absolute Gasteiger partial charge is 0.214 e. The Morgan fingerprint density at radius 3 is 2.74 bits per heavy atom. The fraction of sp³-hybridized carbons (Fsp3) is 0.263. The molecule has 0 saturated heterocycles. The average Bonchev–Trinajstić information content (AvgIpc) is 3.06. The van der Waals surface area contributed by atoms with Crippen LogP contribution in [-0.4, -0.2) is 28.6 Å². The van der Waals surface area contributed by atoms with E-state index in [4.69, 9.17) is 33.3 Å². The van der Waals surface area contributed by atoms with Gasteiger partial charge in [0.2, 0.25) is 4.77 Å². The first-order chi connectivity index (χ1) is 13.1. The molecule has 6 nitrogen and oxygen atoms in total. The quantitative estimate of drug-likeness (QED) is 0.528. The van der Waals surface area contributed by atoms with Crippen LogP contribution >= 0.6 is 23.8 Å².